The number of rotatable bonds is 4. The molecule has 0 saturated heterocycles. The minimum atomic E-state index is -5.32. The van der Waals surface area contributed by atoms with Crippen molar-refractivity contribution in [3.05, 3.63) is 47.6 Å². The first-order valence-electron chi connectivity index (χ1n) is 9.45. The molecule has 0 aliphatic heterocycles. The largest absolute Gasteiger partial charge is 0.490 e. The van der Waals surface area contributed by atoms with E-state index in [0.29, 0.717) is 11.5 Å². The number of hydrogen-bond acceptors (Lipinski definition) is 8. The first-order chi connectivity index (χ1) is 16.4. The molecule has 1 atom stereocenters. The third kappa shape index (κ3) is 5.70. The van der Waals surface area contributed by atoms with Crippen molar-refractivity contribution in [3.63, 3.8) is 0 Å². The summed E-state index contributed by atoms with van der Waals surface area (Å²) in [5.41, 5.74) is 7.10. The molecule has 0 aliphatic carbocycles. The van der Waals surface area contributed by atoms with Crippen molar-refractivity contribution >= 4 is 17.7 Å². The van der Waals surface area contributed by atoms with Crippen LogP contribution in [0.2, 0.25) is 0 Å². The normalized spacial score (nSPS) is 13.4. The minimum Gasteiger partial charge on any atom is -0.475 e. The maximum absolute atomic E-state index is 13.4. The number of nitrogens with two attached hydrogens (primary N) is 2. The van der Waals surface area contributed by atoms with Crippen LogP contribution in [0.25, 0.3) is 22.7 Å². The number of hydrogen-bond donors (Lipinski definition) is 4. The van der Waals surface area contributed by atoms with Crippen LogP contribution in [0.4, 0.5) is 32.2 Å². The number of carbonyl (C=O) groups is 2. The Morgan fingerprint density at radius 3 is 2.06 bits per heavy atom. The highest BCUT2D eigenvalue weighted by Gasteiger charge is 2.60. The molecule has 1 aromatic carbocycles. The van der Waals surface area contributed by atoms with Gasteiger partial charge in [-0.3, -0.25) is 4.79 Å². The molecule has 0 bridgehead atoms. The van der Waals surface area contributed by atoms with Crippen molar-refractivity contribution in [2.24, 2.45) is 5.73 Å². The van der Waals surface area contributed by atoms with Crippen LogP contribution >= 0.6 is 0 Å². The Morgan fingerprint density at radius 2 is 1.61 bits per heavy atom. The molecule has 10 nitrogen and oxygen atoms in total. The van der Waals surface area contributed by atoms with Gasteiger partial charge in [-0.1, -0.05) is 12.1 Å². The number of aliphatic carboxylic acids is 1. The van der Waals surface area contributed by atoms with Gasteiger partial charge in [0.05, 0.1) is 18.1 Å². The van der Waals surface area contributed by atoms with Crippen molar-refractivity contribution < 1.29 is 50.6 Å². The zero-order valence-electron chi connectivity index (χ0n) is 18.3. The van der Waals surface area contributed by atoms with Gasteiger partial charge in [-0.25, -0.2) is 19.7 Å². The molecule has 0 aliphatic rings. The molecule has 2 aromatic heterocycles. The number of benzene rings is 1. The Morgan fingerprint density at radius 1 is 1.03 bits per heavy atom. The van der Waals surface area contributed by atoms with Crippen molar-refractivity contribution in [3.8, 4) is 22.7 Å². The van der Waals surface area contributed by atoms with E-state index in [2.05, 4.69) is 15.0 Å². The molecular formula is C20H17F6N5O5. The number of aliphatic hydroxyl groups is 1. The van der Waals surface area contributed by atoms with E-state index < -0.39 is 35.4 Å². The summed E-state index contributed by atoms with van der Waals surface area (Å²) in [4.78, 5) is 32.6. The summed E-state index contributed by atoms with van der Waals surface area (Å²) in [6.45, 7) is 3.23. The summed E-state index contributed by atoms with van der Waals surface area (Å²) in [7, 11) is 0. The summed E-state index contributed by atoms with van der Waals surface area (Å²) in [5.74, 6) is -4.08. The number of aromatic nitrogens is 3. The lowest BCUT2D eigenvalue weighted by Gasteiger charge is -2.28. The summed E-state index contributed by atoms with van der Waals surface area (Å²) in [5, 5.41) is 17.2. The fraction of sp³-hybridized carbons (Fsp3) is 0.250. The number of aryl methyl sites for hydroxylation is 2. The zero-order valence-corrected chi connectivity index (χ0v) is 18.3. The Balaban J connectivity index is 0.000000572. The van der Waals surface area contributed by atoms with Gasteiger partial charge >= 0.3 is 18.3 Å². The number of nitrogen functional groups attached to an aromatic ring is 1. The summed E-state index contributed by atoms with van der Waals surface area (Å²) < 4.78 is 77.3. The number of amides is 1. The van der Waals surface area contributed by atoms with Crippen LogP contribution in [0.1, 0.15) is 17.0 Å². The molecule has 2 heterocycles. The number of primary amides is 1. The van der Waals surface area contributed by atoms with Gasteiger partial charge in [0, 0.05) is 18.1 Å². The van der Waals surface area contributed by atoms with Crippen molar-refractivity contribution in [1.82, 2.24) is 15.0 Å². The van der Waals surface area contributed by atoms with Crippen LogP contribution in [-0.2, 0) is 15.2 Å². The van der Waals surface area contributed by atoms with Gasteiger partial charge in [0.15, 0.2) is 23.2 Å². The lowest BCUT2D eigenvalue weighted by atomic mass is 9.89. The molecule has 3 rings (SSSR count). The van der Waals surface area contributed by atoms with E-state index in [-0.39, 0.29) is 28.5 Å². The molecule has 6 N–H and O–H groups in total. The molecule has 0 radical (unpaired) electrons. The maximum Gasteiger partial charge on any atom is 0.490 e. The average molecular weight is 521 g/mol. The lowest BCUT2D eigenvalue weighted by molar-refractivity contribution is -0.255. The summed E-state index contributed by atoms with van der Waals surface area (Å²) in [6, 6.07) is 3.27. The first-order valence-corrected chi connectivity index (χ1v) is 9.45. The zero-order chi connectivity index (χ0) is 27.6. The number of carbonyl (C=O) groups excluding carboxylic acids is 1. The maximum atomic E-state index is 13.4. The van der Waals surface area contributed by atoms with E-state index in [0.717, 1.165) is 12.1 Å². The van der Waals surface area contributed by atoms with Crippen LogP contribution in [0.15, 0.2) is 35.0 Å². The summed E-state index contributed by atoms with van der Waals surface area (Å²) >= 11 is 0. The number of halogens is 6. The van der Waals surface area contributed by atoms with E-state index in [4.69, 9.17) is 25.8 Å². The fourth-order valence-corrected chi connectivity index (χ4v) is 2.75. The molecule has 0 saturated carbocycles. The highest BCUT2D eigenvalue weighted by atomic mass is 19.4. The Labute approximate surface area is 197 Å². The molecule has 194 valence electrons. The van der Waals surface area contributed by atoms with Gasteiger partial charge in [0.25, 0.3) is 11.5 Å². The highest BCUT2D eigenvalue weighted by Crippen LogP contribution is 2.40. The smallest absolute Gasteiger partial charge is 0.475 e. The highest BCUT2D eigenvalue weighted by molar-refractivity contribution is 5.86. The standard InChI is InChI=1S/C18H16F3N5O3.C2HF3O2/c1-8-3-4-10(17(28,16(23)27)18(19,20)21)5-11(8)12-6-25-15(22)14(26-12)13-7-24-9(2)29-13;3-2(4,5)1(6)7/h3-7,28H,1-2H3,(H2,22,25)(H2,23,27);(H,6,7). The second-order valence-electron chi connectivity index (χ2n) is 7.14. The van der Waals surface area contributed by atoms with Crippen LogP contribution in [0, 0.1) is 13.8 Å². The number of carboxylic acids is 1. The Bertz CT molecular complexity index is 1290. The molecule has 1 amide bonds. The fourth-order valence-electron chi connectivity index (χ4n) is 2.75. The van der Waals surface area contributed by atoms with E-state index in [1.165, 1.54) is 18.5 Å². The molecule has 3 aromatic rings. The molecule has 1 unspecified atom stereocenters. The van der Waals surface area contributed by atoms with E-state index >= 15 is 0 Å². The predicted octanol–water partition coefficient (Wildman–Crippen LogP) is 2.87. The third-order valence-electron chi connectivity index (χ3n) is 4.60. The third-order valence-corrected chi connectivity index (χ3v) is 4.60. The average Bonchev–Trinajstić information content (AvgIpc) is 3.19. The van der Waals surface area contributed by atoms with Gasteiger partial charge in [-0.2, -0.15) is 26.3 Å². The van der Waals surface area contributed by atoms with Crippen LogP contribution in [0.3, 0.4) is 0 Å². The van der Waals surface area contributed by atoms with Gasteiger partial charge in [-0.15, -0.1) is 0 Å². The molecule has 36 heavy (non-hydrogen) atoms. The number of oxazole rings is 1. The summed E-state index contributed by atoms with van der Waals surface area (Å²) in [6.07, 6.45) is -7.76. The number of anilines is 1. The van der Waals surface area contributed by atoms with E-state index in [9.17, 15) is 36.2 Å². The van der Waals surface area contributed by atoms with Crippen LogP contribution in [-0.4, -0.2) is 49.4 Å². The van der Waals surface area contributed by atoms with E-state index in [1.807, 2.05) is 0 Å². The SMILES string of the molecule is Cc1ncc(-c2nc(-c3cc(C(O)(C(N)=O)C(F)(F)F)ccc3C)cnc2N)o1.O=C(O)C(F)(F)F. The predicted molar refractivity (Wildman–Crippen MR) is 110 cm³/mol. The van der Waals surface area contributed by atoms with Crippen LogP contribution in [0.5, 0.6) is 0 Å². The molecule has 16 heteroatoms. The Hall–Kier alpha value is -4.21. The van der Waals surface area contributed by atoms with Gasteiger partial charge in [0.2, 0.25) is 0 Å². The van der Waals surface area contributed by atoms with Gasteiger partial charge in [0.1, 0.15) is 0 Å². The first kappa shape index (κ1) is 28.0. The number of nitrogens with zero attached hydrogens (tertiary/aromatic N) is 3. The quantitative estimate of drug-likeness (QED) is 0.376. The van der Waals surface area contributed by atoms with Crippen molar-refractivity contribution in [2.45, 2.75) is 31.8 Å². The number of alkyl halides is 6. The van der Waals surface area contributed by atoms with Crippen molar-refractivity contribution in [2.75, 3.05) is 5.73 Å². The second kappa shape index (κ2) is 9.80. The van der Waals surface area contributed by atoms with E-state index in [1.54, 1.807) is 13.8 Å². The Kier molecular flexibility index (Phi) is 7.63. The molecule has 0 fully saturated rings. The number of carboxylic acid groups (broad SMARTS) is 1. The van der Waals surface area contributed by atoms with Crippen molar-refractivity contribution in [1.29, 1.82) is 0 Å². The van der Waals surface area contributed by atoms with Crippen LogP contribution < -0.4 is 11.5 Å². The second-order valence-corrected chi connectivity index (χ2v) is 7.14. The molecule has 0 spiro atoms. The topological polar surface area (TPSA) is 178 Å². The van der Waals surface area contributed by atoms with Gasteiger partial charge < -0.3 is 26.1 Å². The monoisotopic (exact) mass is 521 g/mol. The lowest BCUT2D eigenvalue weighted by Crippen LogP contribution is -2.52. The molecular weight excluding hydrogens is 504 g/mol. The van der Waals surface area contributed by atoms with Gasteiger partial charge in [-0.05, 0) is 18.6 Å². The minimum absolute atomic E-state index is 0.0302.